The number of aromatic nitrogens is 1. The molecule has 0 atom stereocenters. The Morgan fingerprint density at radius 2 is 1.61 bits per heavy atom. The number of carbonyl (C=O) groups is 3. The predicted octanol–water partition coefficient (Wildman–Crippen LogP) is 4.14. The number of benzene rings is 1. The third kappa shape index (κ3) is 4.63. The number of Topliss-reactive ketones (excluding diaryl/α,β-unsaturated/α-hetero) is 1. The molecular formula is C26H34F3N3O4. The second kappa shape index (κ2) is 9.21. The van der Waals surface area contributed by atoms with Gasteiger partial charge in [0.05, 0.1) is 24.2 Å². The number of rotatable bonds is 9. The molecule has 0 fully saturated rings. The molecule has 0 spiro atoms. The fourth-order valence-electron chi connectivity index (χ4n) is 6.32. The molecule has 0 aliphatic carbocycles. The maximum absolute atomic E-state index is 15.3. The molecule has 198 valence electrons. The molecule has 1 amide bonds. The van der Waals surface area contributed by atoms with E-state index >= 15 is 13.2 Å². The first-order chi connectivity index (χ1) is 16.4. The molecule has 36 heavy (non-hydrogen) atoms. The van der Waals surface area contributed by atoms with E-state index in [1.807, 2.05) is 11.0 Å². The summed E-state index contributed by atoms with van der Waals surface area (Å²) in [7, 11) is 0. The molecule has 1 aliphatic rings. The molecule has 0 radical (unpaired) electrons. The van der Waals surface area contributed by atoms with Crippen LogP contribution in [0.2, 0.25) is 0 Å². The first kappa shape index (κ1) is 27.7. The summed E-state index contributed by atoms with van der Waals surface area (Å²) in [5, 5.41) is 12.7. The Labute approximate surface area is 208 Å². The van der Waals surface area contributed by atoms with E-state index in [4.69, 9.17) is 0 Å². The lowest BCUT2D eigenvalue weighted by Crippen LogP contribution is -2.68. The van der Waals surface area contributed by atoms with Crippen molar-refractivity contribution in [1.29, 1.82) is 0 Å². The van der Waals surface area contributed by atoms with Gasteiger partial charge in [0, 0.05) is 24.2 Å². The minimum absolute atomic E-state index is 0.0993. The van der Waals surface area contributed by atoms with Crippen molar-refractivity contribution < 1.29 is 32.7 Å². The van der Waals surface area contributed by atoms with Crippen molar-refractivity contribution in [3.05, 3.63) is 35.0 Å². The molecule has 2 aromatic rings. The first-order valence-electron chi connectivity index (χ1n) is 11.9. The minimum Gasteiger partial charge on any atom is -0.478 e. The number of nitrogens with one attached hydrogen (secondary N) is 2. The maximum atomic E-state index is 15.3. The van der Waals surface area contributed by atoms with Gasteiger partial charge in [-0.25, -0.2) is 18.0 Å². The van der Waals surface area contributed by atoms with Crippen LogP contribution in [0.25, 0.3) is 10.9 Å². The number of halogens is 3. The van der Waals surface area contributed by atoms with Crippen LogP contribution < -0.4 is 5.32 Å². The monoisotopic (exact) mass is 509 g/mol. The van der Waals surface area contributed by atoms with Crippen molar-refractivity contribution >= 4 is 28.6 Å². The SMILES string of the molecule is CC(C)(F)C(C(=O)CNC(=O)CN1CCc2c([nH]c3c(C(=O)O)cccc23)C1)(C(C)(C)F)C(C)(C)F. The fraction of sp³-hybridized carbons (Fsp3) is 0.577. The minimum atomic E-state index is -2.66. The van der Waals surface area contributed by atoms with Gasteiger partial charge in [-0.3, -0.25) is 14.5 Å². The van der Waals surface area contributed by atoms with Crippen LogP contribution in [0.3, 0.4) is 0 Å². The predicted molar refractivity (Wildman–Crippen MR) is 130 cm³/mol. The highest BCUT2D eigenvalue weighted by atomic mass is 19.2. The Morgan fingerprint density at radius 1 is 1.03 bits per heavy atom. The highest BCUT2D eigenvalue weighted by Crippen LogP contribution is 2.55. The number of aromatic carboxylic acids is 1. The third-order valence-corrected chi connectivity index (χ3v) is 7.23. The van der Waals surface area contributed by atoms with Crippen LogP contribution in [0.5, 0.6) is 0 Å². The number of aromatic amines is 1. The van der Waals surface area contributed by atoms with Crippen LogP contribution >= 0.6 is 0 Å². The van der Waals surface area contributed by atoms with E-state index in [-0.39, 0.29) is 12.1 Å². The number of nitrogens with zero attached hydrogens (tertiary/aromatic N) is 1. The summed E-state index contributed by atoms with van der Waals surface area (Å²) in [4.78, 5) is 42.3. The van der Waals surface area contributed by atoms with Crippen molar-refractivity contribution in [2.75, 3.05) is 19.6 Å². The van der Waals surface area contributed by atoms with Gasteiger partial charge in [-0.05, 0) is 59.6 Å². The van der Waals surface area contributed by atoms with E-state index in [1.54, 1.807) is 6.07 Å². The highest BCUT2D eigenvalue weighted by Gasteiger charge is 2.69. The molecule has 0 saturated carbocycles. The number of H-pyrrole nitrogens is 1. The van der Waals surface area contributed by atoms with Crippen LogP contribution in [0.4, 0.5) is 13.2 Å². The van der Waals surface area contributed by atoms with Gasteiger partial charge in [0.2, 0.25) is 5.91 Å². The Bertz CT molecular complexity index is 1150. The zero-order valence-electron chi connectivity index (χ0n) is 21.5. The van der Waals surface area contributed by atoms with Crippen molar-refractivity contribution in [2.45, 2.75) is 71.5 Å². The van der Waals surface area contributed by atoms with Gasteiger partial charge in [0.15, 0.2) is 5.78 Å². The zero-order chi connectivity index (χ0) is 27.3. The van der Waals surface area contributed by atoms with Crippen molar-refractivity contribution in [3.63, 3.8) is 0 Å². The van der Waals surface area contributed by atoms with Crippen molar-refractivity contribution in [2.24, 2.45) is 5.41 Å². The Hall–Kier alpha value is -2.88. The third-order valence-electron chi connectivity index (χ3n) is 7.23. The van der Waals surface area contributed by atoms with Crippen molar-refractivity contribution in [3.8, 4) is 0 Å². The molecule has 10 heteroatoms. The summed E-state index contributed by atoms with van der Waals surface area (Å²) in [6.07, 6.45) is 0.579. The smallest absolute Gasteiger partial charge is 0.337 e. The molecule has 0 unspecified atom stereocenters. The molecule has 3 rings (SSSR count). The van der Waals surface area contributed by atoms with Crippen LogP contribution in [-0.2, 0) is 22.6 Å². The Kier molecular flexibility index (Phi) is 7.09. The molecule has 2 heterocycles. The van der Waals surface area contributed by atoms with Gasteiger partial charge in [-0.1, -0.05) is 12.1 Å². The summed E-state index contributed by atoms with van der Waals surface area (Å²) in [5.41, 5.74) is -7.85. The molecule has 7 nitrogen and oxygen atoms in total. The average molecular weight is 510 g/mol. The Balaban J connectivity index is 1.73. The number of amides is 1. The van der Waals surface area contributed by atoms with Crippen LogP contribution in [0.15, 0.2) is 18.2 Å². The zero-order valence-corrected chi connectivity index (χ0v) is 21.5. The number of ketones is 1. The second-order valence-corrected chi connectivity index (χ2v) is 10.9. The molecule has 1 aliphatic heterocycles. The standard InChI is InChI=1S/C26H34F3N3O4/c1-23(2,27)26(24(3,4)28,25(5,6)29)19(33)12-30-20(34)14-32-11-10-15-16-8-7-9-17(22(35)36)21(16)31-18(15)13-32/h7-9,31H,10-14H2,1-6H3,(H,30,34)(H,35,36). The lowest BCUT2D eigenvalue weighted by atomic mass is 9.55. The highest BCUT2D eigenvalue weighted by molar-refractivity contribution is 6.03. The first-order valence-corrected chi connectivity index (χ1v) is 11.9. The number of carboxylic acids is 1. The molecular weight excluding hydrogens is 475 g/mol. The van der Waals surface area contributed by atoms with Gasteiger partial charge in [0.25, 0.3) is 0 Å². The normalized spacial score (nSPS) is 15.6. The number of carboxylic acid groups (broad SMARTS) is 1. The van der Waals surface area contributed by atoms with E-state index in [2.05, 4.69) is 10.3 Å². The van der Waals surface area contributed by atoms with Gasteiger partial charge in [-0.15, -0.1) is 0 Å². The van der Waals surface area contributed by atoms with Gasteiger partial charge >= 0.3 is 5.97 Å². The number of hydrogen-bond donors (Lipinski definition) is 3. The summed E-state index contributed by atoms with van der Waals surface area (Å²) in [5.74, 6) is -2.66. The molecule has 1 aromatic carbocycles. The van der Waals surface area contributed by atoms with Gasteiger partial charge in [-0.2, -0.15) is 0 Å². The summed E-state index contributed by atoms with van der Waals surface area (Å²) in [6.45, 7) is 5.85. The van der Waals surface area contributed by atoms with Crippen LogP contribution in [0.1, 0.15) is 63.2 Å². The summed E-state index contributed by atoms with van der Waals surface area (Å²) in [6, 6.07) is 5.06. The van der Waals surface area contributed by atoms with Crippen LogP contribution in [-0.4, -0.2) is 69.3 Å². The lowest BCUT2D eigenvalue weighted by molar-refractivity contribution is -0.184. The molecule has 0 saturated heterocycles. The van der Waals surface area contributed by atoms with Crippen molar-refractivity contribution in [1.82, 2.24) is 15.2 Å². The summed E-state index contributed by atoms with van der Waals surface area (Å²) >= 11 is 0. The number of carbonyl (C=O) groups excluding carboxylic acids is 2. The molecule has 3 N–H and O–H groups in total. The van der Waals surface area contributed by atoms with Crippen LogP contribution in [0, 0.1) is 5.41 Å². The van der Waals surface area contributed by atoms with E-state index in [9.17, 15) is 19.5 Å². The van der Waals surface area contributed by atoms with Gasteiger partial charge < -0.3 is 15.4 Å². The number of alkyl halides is 3. The fourth-order valence-corrected chi connectivity index (χ4v) is 6.32. The Morgan fingerprint density at radius 3 is 2.14 bits per heavy atom. The van der Waals surface area contributed by atoms with E-state index < -0.39 is 46.6 Å². The van der Waals surface area contributed by atoms with E-state index in [0.717, 1.165) is 58.2 Å². The molecule has 1 aromatic heterocycles. The summed E-state index contributed by atoms with van der Waals surface area (Å²) < 4.78 is 45.9. The lowest BCUT2D eigenvalue weighted by Gasteiger charge is -2.52. The largest absolute Gasteiger partial charge is 0.478 e. The quantitative estimate of drug-likeness (QED) is 0.472. The van der Waals surface area contributed by atoms with E-state index in [0.29, 0.717) is 25.0 Å². The second-order valence-electron chi connectivity index (χ2n) is 10.9. The molecule has 0 bridgehead atoms. The number of fused-ring (bicyclic) bond motifs is 3. The van der Waals surface area contributed by atoms with E-state index in [1.165, 1.54) is 6.07 Å². The maximum Gasteiger partial charge on any atom is 0.337 e. The number of hydrogen-bond acceptors (Lipinski definition) is 4. The topological polar surface area (TPSA) is 103 Å². The number of para-hydroxylation sites is 1. The average Bonchev–Trinajstić information content (AvgIpc) is 3.06. The van der Waals surface area contributed by atoms with Gasteiger partial charge in [0.1, 0.15) is 22.4 Å².